The summed E-state index contributed by atoms with van der Waals surface area (Å²) in [7, 11) is -3.71. The maximum absolute atomic E-state index is 13.0. The van der Waals surface area contributed by atoms with Crippen LogP contribution in [0.3, 0.4) is 0 Å². The van der Waals surface area contributed by atoms with Crippen LogP contribution < -0.4 is 10.1 Å². The van der Waals surface area contributed by atoms with E-state index < -0.39 is 22.5 Å². The maximum Gasteiger partial charge on any atom is 0.309 e. The van der Waals surface area contributed by atoms with Crippen LogP contribution in [0.25, 0.3) is 0 Å². The van der Waals surface area contributed by atoms with Gasteiger partial charge in [-0.1, -0.05) is 6.92 Å². The SMILES string of the molecule is CCOc1ccc(NC(=O)COC(=O)[C@@H]2C[C@H]2C)cc1S(=O)(=O)N1CCCC1. The van der Waals surface area contributed by atoms with E-state index in [1.54, 1.807) is 13.0 Å². The number of benzene rings is 1. The van der Waals surface area contributed by atoms with Crippen molar-refractivity contribution in [2.75, 3.05) is 31.6 Å². The predicted octanol–water partition coefficient (Wildman–Crippen LogP) is 2.01. The molecular weight excluding hydrogens is 384 g/mol. The molecule has 0 spiro atoms. The second-order valence-electron chi connectivity index (χ2n) is 7.18. The Labute approximate surface area is 165 Å². The summed E-state index contributed by atoms with van der Waals surface area (Å²) in [5.74, 6) is -0.445. The molecule has 2 fully saturated rings. The minimum absolute atomic E-state index is 0.0258. The molecule has 1 aliphatic heterocycles. The van der Waals surface area contributed by atoms with E-state index >= 15 is 0 Å². The van der Waals surface area contributed by atoms with Crippen molar-refractivity contribution in [1.29, 1.82) is 0 Å². The molecule has 3 rings (SSSR count). The Bertz CT molecular complexity index is 848. The van der Waals surface area contributed by atoms with E-state index in [1.165, 1.54) is 16.4 Å². The fourth-order valence-corrected chi connectivity index (χ4v) is 4.90. The number of esters is 1. The zero-order valence-electron chi connectivity index (χ0n) is 16.1. The third kappa shape index (κ3) is 4.64. The monoisotopic (exact) mass is 410 g/mol. The van der Waals surface area contributed by atoms with Crippen molar-refractivity contribution >= 4 is 27.6 Å². The highest BCUT2D eigenvalue weighted by Gasteiger charge is 2.40. The van der Waals surface area contributed by atoms with Crippen molar-refractivity contribution in [3.8, 4) is 5.75 Å². The third-order valence-corrected chi connectivity index (χ3v) is 6.89. The first-order valence-corrected chi connectivity index (χ1v) is 11.0. The van der Waals surface area contributed by atoms with Gasteiger partial charge in [0.1, 0.15) is 10.6 Å². The van der Waals surface area contributed by atoms with Gasteiger partial charge in [-0.3, -0.25) is 9.59 Å². The van der Waals surface area contributed by atoms with E-state index in [4.69, 9.17) is 9.47 Å². The highest BCUT2D eigenvalue weighted by molar-refractivity contribution is 7.89. The molecule has 0 unspecified atom stereocenters. The molecule has 1 N–H and O–H groups in total. The number of hydrogen-bond acceptors (Lipinski definition) is 6. The van der Waals surface area contributed by atoms with E-state index in [9.17, 15) is 18.0 Å². The largest absolute Gasteiger partial charge is 0.492 e. The third-order valence-electron chi connectivity index (χ3n) is 4.97. The van der Waals surface area contributed by atoms with Gasteiger partial charge in [0.25, 0.3) is 5.91 Å². The Morgan fingerprint density at radius 2 is 1.93 bits per heavy atom. The van der Waals surface area contributed by atoms with E-state index in [2.05, 4.69) is 5.32 Å². The minimum atomic E-state index is -3.71. The lowest BCUT2D eigenvalue weighted by Crippen LogP contribution is -2.28. The number of carbonyl (C=O) groups is 2. The lowest BCUT2D eigenvalue weighted by Gasteiger charge is -2.19. The summed E-state index contributed by atoms with van der Waals surface area (Å²) in [5.41, 5.74) is 0.307. The van der Waals surface area contributed by atoms with Crippen LogP contribution in [0.5, 0.6) is 5.75 Å². The van der Waals surface area contributed by atoms with Crippen molar-refractivity contribution < 1.29 is 27.5 Å². The van der Waals surface area contributed by atoms with Gasteiger partial charge >= 0.3 is 5.97 Å². The Morgan fingerprint density at radius 3 is 2.54 bits per heavy atom. The molecule has 1 aliphatic carbocycles. The lowest BCUT2D eigenvalue weighted by atomic mass is 10.3. The molecule has 1 aromatic rings. The predicted molar refractivity (Wildman–Crippen MR) is 102 cm³/mol. The molecule has 154 valence electrons. The summed E-state index contributed by atoms with van der Waals surface area (Å²) in [6.45, 7) is 4.60. The highest BCUT2D eigenvalue weighted by atomic mass is 32.2. The van der Waals surface area contributed by atoms with Gasteiger partial charge in [-0.25, -0.2) is 8.42 Å². The smallest absolute Gasteiger partial charge is 0.309 e. The highest BCUT2D eigenvalue weighted by Crippen LogP contribution is 2.38. The zero-order chi connectivity index (χ0) is 20.3. The first-order valence-electron chi connectivity index (χ1n) is 9.56. The Hall–Kier alpha value is -2.13. The number of hydrogen-bond donors (Lipinski definition) is 1. The summed E-state index contributed by atoms with van der Waals surface area (Å²) < 4.78 is 37.8. The van der Waals surface area contributed by atoms with Crippen molar-refractivity contribution in [2.24, 2.45) is 11.8 Å². The number of amides is 1. The van der Waals surface area contributed by atoms with E-state index in [0.29, 0.717) is 31.3 Å². The normalized spacial score (nSPS) is 21.9. The van der Waals surface area contributed by atoms with Gasteiger partial charge in [-0.2, -0.15) is 4.31 Å². The van der Waals surface area contributed by atoms with Crippen LogP contribution in [-0.4, -0.2) is 50.9 Å². The van der Waals surface area contributed by atoms with E-state index in [1.807, 2.05) is 6.92 Å². The quantitative estimate of drug-likeness (QED) is 0.658. The molecule has 0 bridgehead atoms. The fourth-order valence-electron chi connectivity index (χ4n) is 3.22. The molecule has 2 aliphatic rings. The van der Waals surface area contributed by atoms with Crippen LogP contribution in [0, 0.1) is 11.8 Å². The second-order valence-corrected chi connectivity index (χ2v) is 9.09. The summed E-state index contributed by atoms with van der Waals surface area (Å²) in [4.78, 5) is 23.8. The lowest BCUT2D eigenvalue weighted by molar-refractivity contribution is -0.148. The molecular formula is C19H26N2O6S. The average molecular weight is 410 g/mol. The number of rotatable bonds is 8. The zero-order valence-corrected chi connectivity index (χ0v) is 17.0. The van der Waals surface area contributed by atoms with Crippen LogP contribution in [-0.2, 0) is 24.3 Å². The van der Waals surface area contributed by atoms with Crippen molar-refractivity contribution in [3.63, 3.8) is 0 Å². The number of carbonyl (C=O) groups excluding carboxylic acids is 2. The molecule has 1 amide bonds. The molecule has 2 atom stereocenters. The standard InChI is InChI=1S/C19H26N2O6S/c1-3-26-16-7-6-14(11-17(16)28(24,25)21-8-4-5-9-21)20-18(22)12-27-19(23)15-10-13(15)2/h6-7,11,13,15H,3-5,8-10,12H2,1-2H3,(H,20,22)/t13-,15-/m1/s1. The van der Waals surface area contributed by atoms with Gasteiger partial charge in [-0.15, -0.1) is 0 Å². The summed E-state index contributed by atoms with van der Waals surface area (Å²) >= 11 is 0. The number of ether oxygens (including phenoxy) is 2. The van der Waals surface area contributed by atoms with Crippen LogP contribution in [0.1, 0.15) is 33.1 Å². The molecule has 28 heavy (non-hydrogen) atoms. The second kappa shape index (κ2) is 8.48. The molecule has 1 heterocycles. The molecule has 1 aromatic carbocycles. The molecule has 0 aromatic heterocycles. The van der Waals surface area contributed by atoms with E-state index in [0.717, 1.165) is 19.3 Å². The van der Waals surface area contributed by atoms with Crippen LogP contribution in [0.15, 0.2) is 23.1 Å². The minimum Gasteiger partial charge on any atom is -0.492 e. The number of sulfonamides is 1. The maximum atomic E-state index is 13.0. The van der Waals surface area contributed by atoms with E-state index in [-0.39, 0.29) is 22.5 Å². The van der Waals surface area contributed by atoms with Crippen LogP contribution in [0.4, 0.5) is 5.69 Å². The Balaban J connectivity index is 1.71. The van der Waals surface area contributed by atoms with Gasteiger partial charge < -0.3 is 14.8 Å². The number of anilines is 1. The summed E-state index contributed by atoms with van der Waals surface area (Å²) in [6.07, 6.45) is 2.44. The van der Waals surface area contributed by atoms with Crippen LogP contribution in [0.2, 0.25) is 0 Å². The number of nitrogens with zero attached hydrogens (tertiary/aromatic N) is 1. The average Bonchev–Trinajstić information content (AvgIpc) is 3.15. The molecule has 1 saturated heterocycles. The molecule has 8 nitrogen and oxygen atoms in total. The van der Waals surface area contributed by atoms with Gasteiger partial charge in [0.15, 0.2) is 6.61 Å². The van der Waals surface area contributed by atoms with Gasteiger partial charge in [0.2, 0.25) is 10.0 Å². The van der Waals surface area contributed by atoms with Crippen molar-refractivity contribution in [2.45, 2.75) is 38.0 Å². The first-order chi connectivity index (χ1) is 13.3. The van der Waals surface area contributed by atoms with Crippen molar-refractivity contribution in [3.05, 3.63) is 18.2 Å². The topological polar surface area (TPSA) is 102 Å². The van der Waals surface area contributed by atoms with Gasteiger partial charge in [0, 0.05) is 18.8 Å². The molecule has 9 heteroatoms. The first kappa shape index (κ1) is 20.6. The number of nitrogens with one attached hydrogen (secondary N) is 1. The molecule has 0 radical (unpaired) electrons. The summed E-state index contributed by atoms with van der Waals surface area (Å²) in [6, 6.07) is 4.48. The van der Waals surface area contributed by atoms with Crippen LogP contribution >= 0.6 is 0 Å². The van der Waals surface area contributed by atoms with Crippen molar-refractivity contribution in [1.82, 2.24) is 4.31 Å². The summed E-state index contributed by atoms with van der Waals surface area (Å²) in [5, 5.41) is 2.59. The van der Waals surface area contributed by atoms with Gasteiger partial charge in [0.05, 0.1) is 12.5 Å². The Morgan fingerprint density at radius 1 is 1.25 bits per heavy atom. The molecule has 1 saturated carbocycles. The Kier molecular flexibility index (Phi) is 6.24. The van der Waals surface area contributed by atoms with Gasteiger partial charge in [-0.05, 0) is 50.3 Å². The fraction of sp³-hybridized carbons (Fsp3) is 0.579.